The molecule has 2 aliphatic rings. The van der Waals surface area contributed by atoms with Crippen LogP contribution in [-0.4, -0.2) is 59.0 Å². The first-order valence-electron chi connectivity index (χ1n) is 9.51. The van der Waals surface area contributed by atoms with Crippen molar-refractivity contribution in [3.05, 3.63) is 23.8 Å². The summed E-state index contributed by atoms with van der Waals surface area (Å²) in [7, 11) is 0. The number of nitrogens with one attached hydrogen (secondary N) is 3. The summed E-state index contributed by atoms with van der Waals surface area (Å²) >= 11 is 0.991. The maximum absolute atomic E-state index is 11.6. The minimum Gasteiger partial charge on any atom is -0.454 e. The molecule has 152 valence electrons. The molecule has 1 atom stereocenters. The molecule has 3 rings (SSSR count). The van der Waals surface area contributed by atoms with E-state index in [4.69, 9.17) is 20.3 Å². The zero-order valence-corrected chi connectivity index (χ0v) is 17.1. The van der Waals surface area contributed by atoms with Crippen molar-refractivity contribution < 1.29 is 14.3 Å². The Kier molecular flexibility index (Phi) is 6.79. The van der Waals surface area contributed by atoms with Crippen molar-refractivity contribution in [2.24, 2.45) is 0 Å². The number of carbonyl (C=O) groups is 1. The number of carbonyl (C=O) groups excluding carboxylic acids is 1. The van der Waals surface area contributed by atoms with E-state index in [1.165, 1.54) is 5.56 Å². The number of ether oxygens (including phenoxy) is 2. The Bertz CT molecular complexity index is 749. The van der Waals surface area contributed by atoms with Gasteiger partial charge in [0, 0.05) is 38.6 Å². The fourth-order valence-electron chi connectivity index (χ4n) is 3.30. The number of piperazine rings is 1. The molecule has 2 heterocycles. The number of hydrogen-bond acceptors (Lipinski definition) is 7. The lowest BCUT2D eigenvalue weighted by molar-refractivity contribution is -0.119. The molecule has 0 aromatic heterocycles. The van der Waals surface area contributed by atoms with Crippen LogP contribution in [0.5, 0.6) is 11.5 Å². The number of rotatable bonds is 4. The summed E-state index contributed by atoms with van der Waals surface area (Å²) in [6, 6.07) is 6.31. The van der Waals surface area contributed by atoms with Gasteiger partial charge in [-0.15, -0.1) is 0 Å². The van der Waals surface area contributed by atoms with Crippen LogP contribution >= 0.6 is 11.8 Å². The zero-order valence-electron chi connectivity index (χ0n) is 16.3. The van der Waals surface area contributed by atoms with Gasteiger partial charge in [0.1, 0.15) is 0 Å². The second-order valence-electron chi connectivity index (χ2n) is 6.85. The van der Waals surface area contributed by atoms with Gasteiger partial charge in [0.2, 0.25) is 12.7 Å². The molecule has 0 aliphatic carbocycles. The number of thioether (sulfide) groups is 1. The summed E-state index contributed by atoms with van der Waals surface area (Å²) in [5.74, 6) is 1.42. The van der Waals surface area contributed by atoms with Crippen LogP contribution in [0.2, 0.25) is 0 Å². The highest BCUT2D eigenvalue weighted by molar-refractivity contribution is 8.26. The molecular weight excluding hydrogens is 378 g/mol. The number of amidine groups is 2. The highest BCUT2D eigenvalue weighted by Gasteiger charge is 2.25. The summed E-state index contributed by atoms with van der Waals surface area (Å²) in [6.07, 6.45) is 1.14. The van der Waals surface area contributed by atoms with Gasteiger partial charge in [-0.1, -0.05) is 13.0 Å². The van der Waals surface area contributed by atoms with E-state index in [0.717, 1.165) is 55.9 Å². The highest BCUT2D eigenvalue weighted by atomic mass is 32.2. The quantitative estimate of drug-likeness (QED) is 0.526. The van der Waals surface area contributed by atoms with Crippen molar-refractivity contribution in [2.75, 3.05) is 33.0 Å². The van der Waals surface area contributed by atoms with E-state index in [2.05, 4.69) is 23.2 Å². The van der Waals surface area contributed by atoms with Crippen LogP contribution in [0.4, 0.5) is 0 Å². The molecule has 28 heavy (non-hydrogen) atoms. The van der Waals surface area contributed by atoms with Crippen LogP contribution in [0, 0.1) is 10.8 Å². The topological polar surface area (TPSA) is 102 Å². The Balaban J connectivity index is 1.48. The minimum absolute atomic E-state index is 0.0135. The molecule has 3 N–H and O–H groups in total. The van der Waals surface area contributed by atoms with Gasteiger partial charge < -0.3 is 19.7 Å². The summed E-state index contributed by atoms with van der Waals surface area (Å²) in [4.78, 5) is 15.9. The molecule has 9 heteroatoms. The first-order chi connectivity index (χ1) is 13.5. The van der Waals surface area contributed by atoms with Gasteiger partial charge in [-0.25, -0.2) is 0 Å². The maximum Gasteiger partial charge on any atom is 0.231 e. The van der Waals surface area contributed by atoms with Crippen LogP contribution < -0.4 is 14.8 Å². The fraction of sp³-hybridized carbons (Fsp3) is 0.526. The molecule has 0 saturated carbocycles. The van der Waals surface area contributed by atoms with Gasteiger partial charge in [0.05, 0.1) is 0 Å². The number of nitrogens with zero attached hydrogens (tertiary/aromatic N) is 2. The Morgan fingerprint density at radius 2 is 1.93 bits per heavy atom. The van der Waals surface area contributed by atoms with Crippen LogP contribution in [-0.2, 0) is 4.79 Å². The number of fused-ring (bicyclic) bond motifs is 1. The largest absolute Gasteiger partial charge is 0.454 e. The van der Waals surface area contributed by atoms with Crippen molar-refractivity contribution in [1.29, 1.82) is 10.8 Å². The Hall–Kier alpha value is -2.26. The third-order valence-corrected chi connectivity index (χ3v) is 5.71. The SMILES string of the molecule is CCCC(=O)NC(=N)SC(=N)N1CCN(C(C)c2ccc3c(c2)OCO3)CC1. The normalized spacial score (nSPS) is 17.3. The molecule has 8 nitrogen and oxygen atoms in total. The lowest BCUT2D eigenvalue weighted by atomic mass is 10.1. The van der Waals surface area contributed by atoms with Crippen molar-refractivity contribution >= 4 is 28.0 Å². The first kappa shape index (κ1) is 20.5. The van der Waals surface area contributed by atoms with E-state index >= 15 is 0 Å². The van der Waals surface area contributed by atoms with Gasteiger partial charge in [-0.2, -0.15) is 0 Å². The van der Waals surface area contributed by atoms with E-state index in [9.17, 15) is 4.79 Å². The van der Waals surface area contributed by atoms with Crippen molar-refractivity contribution in [3.63, 3.8) is 0 Å². The van der Waals surface area contributed by atoms with E-state index < -0.39 is 0 Å². The Labute approximate surface area is 169 Å². The van der Waals surface area contributed by atoms with Gasteiger partial charge >= 0.3 is 0 Å². The average Bonchev–Trinajstić information content (AvgIpc) is 3.15. The van der Waals surface area contributed by atoms with Crippen molar-refractivity contribution in [2.45, 2.75) is 32.7 Å². The summed E-state index contributed by atoms with van der Waals surface area (Å²) in [5, 5.41) is 18.9. The molecule has 1 aromatic carbocycles. The smallest absolute Gasteiger partial charge is 0.231 e. The molecule has 0 radical (unpaired) electrons. The molecule has 1 unspecified atom stereocenters. The highest BCUT2D eigenvalue weighted by Crippen LogP contribution is 2.35. The monoisotopic (exact) mass is 405 g/mol. The maximum atomic E-state index is 11.6. The second-order valence-corrected chi connectivity index (χ2v) is 7.85. The number of benzene rings is 1. The Morgan fingerprint density at radius 3 is 2.64 bits per heavy atom. The van der Waals surface area contributed by atoms with Crippen LogP contribution in [0.25, 0.3) is 0 Å². The molecule has 1 saturated heterocycles. The van der Waals surface area contributed by atoms with Crippen LogP contribution in [0.1, 0.15) is 38.3 Å². The average molecular weight is 406 g/mol. The summed E-state index contributed by atoms with van der Waals surface area (Å²) < 4.78 is 10.9. The van der Waals surface area contributed by atoms with Crippen LogP contribution in [0.3, 0.4) is 0 Å². The molecule has 1 amide bonds. The van der Waals surface area contributed by atoms with E-state index in [0.29, 0.717) is 11.6 Å². The molecule has 0 spiro atoms. The zero-order chi connectivity index (χ0) is 20.1. The summed E-state index contributed by atoms with van der Waals surface area (Å²) in [5.41, 5.74) is 1.18. The predicted octanol–water partition coefficient (Wildman–Crippen LogP) is 2.61. The molecule has 1 aromatic rings. The van der Waals surface area contributed by atoms with Gasteiger partial charge in [0.15, 0.2) is 21.8 Å². The number of amides is 1. The van der Waals surface area contributed by atoms with Gasteiger partial charge in [-0.05, 0) is 42.8 Å². The van der Waals surface area contributed by atoms with E-state index in [1.807, 2.05) is 24.0 Å². The van der Waals surface area contributed by atoms with Crippen LogP contribution in [0.15, 0.2) is 18.2 Å². The Morgan fingerprint density at radius 1 is 1.21 bits per heavy atom. The third-order valence-electron chi connectivity index (χ3n) is 4.96. The number of hydrogen-bond donors (Lipinski definition) is 3. The molecule has 2 aliphatic heterocycles. The predicted molar refractivity (Wildman–Crippen MR) is 110 cm³/mol. The second kappa shape index (κ2) is 9.29. The summed E-state index contributed by atoms with van der Waals surface area (Å²) in [6.45, 7) is 7.46. The van der Waals surface area contributed by atoms with Gasteiger partial charge in [0.25, 0.3) is 0 Å². The van der Waals surface area contributed by atoms with Crippen molar-refractivity contribution in [3.8, 4) is 11.5 Å². The minimum atomic E-state index is -0.171. The molecule has 1 fully saturated rings. The molecule has 0 bridgehead atoms. The van der Waals surface area contributed by atoms with Crippen molar-refractivity contribution in [1.82, 2.24) is 15.1 Å². The van der Waals surface area contributed by atoms with E-state index in [1.54, 1.807) is 0 Å². The third kappa shape index (κ3) is 4.96. The van der Waals surface area contributed by atoms with E-state index in [-0.39, 0.29) is 23.9 Å². The fourth-order valence-corrected chi connectivity index (χ4v) is 3.97. The molecular formula is C19H27N5O3S. The first-order valence-corrected chi connectivity index (χ1v) is 10.3. The lowest BCUT2D eigenvalue weighted by Crippen LogP contribution is -2.48. The van der Waals surface area contributed by atoms with Gasteiger partial charge in [-0.3, -0.25) is 20.5 Å². The standard InChI is InChI=1S/C19H27N5O3S/c1-3-4-17(25)22-18(20)28-19(21)24-9-7-23(8-10-24)13(2)14-5-6-15-16(11-14)27-12-26-15/h5-6,11,13,21H,3-4,7-10,12H2,1-2H3,(H2,20,22,25). The lowest BCUT2D eigenvalue weighted by Gasteiger charge is -2.39.